The average Bonchev–Trinajstić information content (AvgIpc) is 2.53. The van der Waals surface area contributed by atoms with Crippen LogP contribution in [0, 0.1) is 0 Å². The van der Waals surface area contributed by atoms with Gasteiger partial charge in [0.1, 0.15) is 0 Å². The number of carbonyl (C=O) groups excluding carboxylic acids is 2. The van der Waals surface area contributed by atoms with Crippen LogP contribution in [0.4, 0.5) is 4.79 Å². The maximum atomic E-state index is 11.1. The fraction of sp³-hybridized carbons (Fsp3) is 0.500. The monoisotopic (exact) mass is 226 g/mol. The van der Waals surface area contributed by atoms with Crippen molar-refractivity contribution in [1.29, 1.82) is 0 Å². The van der Waals surface area contributed by atoms with Gasteiger partial charge in [0.2, 0.25) is 0 Å². The van der Waals surface area contributed by atoms with E-state index in [0.717, 1.165) is 6.42 Å². The van der Waals surface area contributed by atoms with E-state index in [0.29, 0.717) is 25.9 Å². The van der Waals surface area contributed by atoms with Crippen molar-refractivity contribution < 1.29 is 19.5 Å². The predicted octanol–water partition coefficient (Wildman–Crippen LogP) is 0.349. The molecule has 0 aromatic carbocycles. The Morgan fingerprint density at radius 3 is 2.38 bits per heavy atom. The normalized spacial score (nSPS) is 14.6. The summed E-state index contributed by atoms with van der Waals surface area (Å²) in [4.78, 5) is 33.5. The minimum Gasteiger partial charge on any atom is -0.465 e. The van der Waals surface area contributed by atoms with Crippen LogP contribution in [0.25, 0.3) is 0 Å². The zero-order valence-corrected chi connectivity index (χ0v) is 8.81. The molecule has 0 aliphatic carbocycles. The first-order chi connectivity index (χ1) is 7.61. The molecule has 6 nitrogen and oxygen atoms in total. The van der Waals surface area contributed by atoms with Crippen molar-refractivity contribution in [3.05, 3.63) is 12.2 Å². The maximum absolute atomic E-state index is 11.1. The van der Waals surface area contributed by atoms with Gasteiger partial charge in [0.25, 0.3) is 11.8 Å². The molecule has 2 N–H and O–H groups in total. The molecule has 3 amide bonds. The number of unbranched alkanes of at least 4 members (excludes halogenated alkanes) is 2. The van der Waals surface area contributed by atoms with Crippen LogP contribution in [0.2, 0.25) is 0 Å². The van der Waals surface area contributed by atoms with Gasteiger partial charge in [0.05, 0.1) is 0 Å². The summed E-state index contributed by atoms with van der Waals surface area (Å²) in [6.07, 6.45) is 3.66. The number of rotatable bonds is 6. The lowest BCUT2D eigenvalue weighted by Gasteiger charge is -2.12. The average molecular weight is 226 g/mol. The second-order valence-electron chi connectivity index (χ2n) is 3.45. The van der Waals surface area contributed by atoms with Crippen molar-refractivity contribution in [2.45, 2.75) is 19.3 Å². The highest BCUT2D eigenvalue weighted by molar-refractivity contribution is 6.12. The summed E-state index contributed by atoms with van der Waals surface area (Å²) in [5.74, 6) is -0.540. The second kappa shape index (κ2) is 5.89. The first-order valence-corrected chi connectivity index (χ1v) is 5.11. The number of carbonyl (C=O) groups is 3. The van der Waals surface area contributed by atoms with Crippen molar-refractivity contribution in [1.82, 2.24) is 10.2 Å². The van der Waals surface area contributed by atoms with E-state index >= 15 is 0 Å². The minimum absolute atomic E-state index is 0.270. The number of imide groups is 1. The molecule has 0 spiro atoms. The van der Waals surface area contributed by atoms with Gasteiger partial charge in [-0.05, 0) is 19.3 Å². The third kappa shape index (κ3) is 3.72. The molecule has 1 aliphatic heterocycles. The fourth-order valence-corrected chi connectivity index (χ4v) is 1.42. The molecule has 88 valence electrons. The van der Waals surface area contributed by atoms with Gasteiger partial charge >= 0.3 is 6.09 Å². The largest absolute Gasteiger partial charge is 0.465 e. The van der Waals surface area contributed by atoms with Crippen molar-refractivity contribution in [3.8, 4) is 0 Å². The Balaban J connectivity index is 2.05. The van der Waals surface area contributed by atoms with Crippen LogP contribution < -0.4 is 5.32 Å². The Bertz CT molecular complexity index is 307. The van der Waals surface area contributed by atoms with Crippen molar-refractivity contribution in [2.24, 2.45) is 0 Å². The van der Waals surface area contributed by atoms with Crippen LogP contribution in [-0.2, 0) is 9.59 Å². The van der Waals surface area contributed by atoms with Gasteiger partial charge in [-0.3, -0.25) is 14.5 Å². The summed E-state index contributed by atoms with van der Waals surface area (Å²) in [5, 5.41) is 10.5. The van der Waals surface area contributed by atoms with Gasteiger partial charge in [-0.2, -0.15) is 0 Å². The van der Waals surface area contributed by atoms with E-state index in [1.807, 2.05) is 0 Å². The molecular formula is C10H14N2O4. The fourth-order valence-electron chi connectivity index (χ4n) is 1.42. The van der Waals surface area contributed by atoms with Crippen LogP contribution in [0.15, 0.2) is 12.2 Å². The van der Waals surface area contributed by atoms with Gasteiger partial charge < -0.3 is 10.4 Å². The number of hydrogen-bond acceptors (Lipinski definition) is 3. The molecule has 0 radical (unpaired) electrons. The molecule has 0 atom stereocenters. The molecule has 1 rings (SSSR count). The molecular weight excluding hydrogens is 212 g/mol. The summed E-state index contributed by atoms with van der Waals surface area (Å²) in [7, 11) is 0. The summed E-state index contributed by atoms with van der Waals surface area (Å²) in [5.41, 5.74) is 0. The molecule has 0 saturated carbocycles. The minimum atomic E-state index is -1.03. The first kappa shape index (κ1) is 12.2. The molecule has 0 fully saturated rings. The SMILES string of the molecule is O=C(O)NCCCCCN1C(=O)C=CC1=O. The predicted molar refractivity (Wildman–Crippen MR) is 55.7 cm³/mol. The Hall–Kier alpha value is -1.85. The highest BCUT2D eigenvalue weighted by Crippen LogP contribution is 2.06. The van der Waals surface area contributed by atoms with Crippen LogP contribution in [-0.4, -0.2) is 41.0 Å². The van der Waals surface area contributed by atoms with E-state index in [1.165, 1.54) is 17.1 Å². The molecule has 6 heteroatoms. The maximum Gasteiger partial charge on any atom is 0.404 e. The molecule has 0 saturated heterocycles. The molecule has 1 heterocycles. The van der Waals surface area contributed by atoms with Gasteiger partial charge in [0, 0.05) is 25.2 Å². The van der Waals surface area contributed by atoms with Crippen LogP contribution in [0.3, 0.4) is 0 Å². The highest BCUT2D eigenvalue weighted by atomic mass is 16.4. The Morgan fingerprint density at radius 2 is 1.81 bits per heavy atom. The van der Waals surface area contributed by atoms with Crippen molar-refractivity contribution in [3.63, 3.8) is 0 Å². The topological polar surface area (TPSA) is 86.7 Å². The van der Waals surface area contributed by atoms with Gasteiger partial charge in [-0.15, -0.1) is 0 Å². The third-order valence-electron chi connectivity index (χ3n) is 2.24. The van der Waals surface area contributed by atoms with Crippen LogP contribution in [0.1, 0.15) is 19.3 Å². The van der Waals surface area contributed by atoms with Gasteiger partial charge in [0.15, 0.2) is 0 Å². The quantitative estimate of drug-likeness (QED) is 0.505. The van der Waals surface area contributed by atoms with Crippen molar-refractivity contribution >= 4 is 17.9 Å². The van der Waals surface area contributed by atoms with Gasteiger partial charge in [-0.25, -0.2) is 4.79 Å². The summed E-state index contributed by atoms with van der Waals surface area (Å²) < 4.78 is 0. The molecule has 16 heavy (non-hydrogen) atoms. The third-order valence-corrected chi connectivity index (χ3v) is 2.24. The number of amides is 3. The number of nitrogens with zero attached hydrogens (tertiary/aromatic N) is 1. The summed E-state index contributed by atoms with van der Waals surface area (Å²) >= 11 is 0. The molecule has 0 aromatic rings. The van der Waals surface area contributed by atoms with E-state index in [9.17, 15) is 14.4 Å². The lowest BCUT2D eigenvalue weighted by Crippen LogP contribution is -2.31. The standard InChI is InChI=1S/C10H14N2O4/c13-8-4-5-9(14)12(8)7-3-1-2-6-11-10(15)16/h4-5,11H,1-3,6-7H2,(H,15,16). The smallest absolute Gasteiger partial charge is 0.404 e. The molecule has 0 bridgehead atoms. The lowest BCUT2D eigenvalue weighted by atomic mass is 10.2. The summed E-state index contributed by atoms with van der Waals surface area (Å²) in [6.45, 7) is 0.799. The number of carboxylic acid groups (broad SMARTS) is 1. The molecule has 0 aromatic heterocycles. The van der Waals surface area contributed by atoms with Gasteiger partial charge in [-0.1, -0.05) is 0 Å². The lowest BCUT2D eigenvalue weighted by molar-refractivity contribution is -0.136. The van der Waals surface area contributed by atoms with Crippen LogP contribution >= 0.6 is 0 Å². The zero-order chi connectivity index (χ0) is 12.0. The molecule has 0 unspecified atom stereocenters. The number of hydrogen-bond donors (Lipinski definition) is 2. The highest BCUT2D eigenvalue weighted by Gasteiger charge is 2.21. The van der Waals surface area contributed by atoms with E-state index in [1.54, 1.807) is 0 Å². The van der Waals surface area contributed by atoms with E-state index in [4.69, 9.17) is 5.11 Å². The van der Waals surface area contributed by atoms with E-state index < -0.39 is 6.09 Å². The number of nitrogens with one attached hydrogen (secondary N) is 1. The first-order valence-electron chi connectivity index (χ1n) is 5.11. The van der Waals surface area contributed by atoms with E-state index in [2.05, 4.69) is 5.32 Å². The Kier molecular flexibility index (Phi) is 4.50. The van der Waals surface area contributed by atoms with E-state index in [-0.39, 0.29) is 11.8 Å². The Morgan fingerprint density at radius 1 is 1.19 bits per heavy atom. The Labute approximate surface area is 92.9 Å². The van der Waals surface area contributed by atoms with Crippen molar-refractivity contribution in [2.75, 3.05) is 13.1 Å². The van der Waals surface area contributed by atoms with Crippen LogP contribution in [0.5, 0.6) is 0 Å². The summed E-state index contributed by atoms with van der Waals surface area (Å²) in [6, 6.07) is 0. The zero-order valence-electron chi connectivity index (χ0n) is 8.81. The second-order valence-corrected chi connectivity index (χ2v) is 3.45. The molecule has 1 aliphatic rings.